The summed E-state index contributed by atoms with van der Waals surface area (Å²) in [5.41, 5.74) is 1.32. The average Bonchev–Trinajstić information content (AvgIpc) is 2.38. The molecule has 0 unspecified atom stereocenters. The van der Waals surface area contributed by atoms with Crippen molar-refractivity contribution in [1.82, 2.24) is 10.2 Å². The Kier molecular flexibility index (Phi) is 6.73. The molecule has 0 spiro atoms. The normalized spacial score (nSPS) is 10.4. The van der Waals surface area contributed by atoms with Gasteiger partial charge in [-0.25, -0.2) is 4.79 Å². The number of rotatable bonds is 7. The summed E-state index contributed by atoms with van der Waals surface area (Å²) in [4.78, 5) is 24.9. The number of unbranched alkanes of at least 4 members (excludes halogenated alkanes) is 1. The highest BCUT2D eigenvalue weighted by Gasteiger charge is 2.02. The predicted molar refractivity (Wildman–Crippen MR) is 81.3 cm³/mol. The summed E-state index contributed by atoms with van der Waals surface area (Å²) in [6, 6.07) is 6.64. The molecule has 0 bridgehead atoms. The first-order valence-corrected chi connectivity index (χ1v) is 6.79. The molecule has 0 aliphatic carbocycles. The molecular weight excluding hydrogens is 254 g/mol. The van der Waals surface area contributed by atoms with E-state index in [1.165, 1.54) is 6.92 Å². The molecule has 0 atom stereocenters. The zero-order chi connectivity index (χ0) is 15.0. The van der Waals surface area contributed by atoms with Gasteiger partial charge in [0, 0.05) is 17.8 Å². The van der Waals surface area contributed by atoms with Crippen molar-refractivity contribution in [3.63, 3.8) is 0 Å². The molecule has 0 fully saturated rings. The van der Waals surface area contributed by atoms with Crippen molar-refractivity contribution in [2.75, 3.05) is 32.5 Å². The number of nitrogens with zero attached hydrogens (tertiary/aromatic N) is 1. The van der Waals surface area contributed by atoms with Crippen LogP contribution in [0.15, 0.2) is 24.3 Å². The van der Waals surface area contributed by atoms with E-state index in [9.17, 15) is 9.59 Å². The zero-order valence-electron chi connectivity index (χ0n) is 12.4. The lowest BCUT2D eigenvalue weighted by molar-refractivity contribution is 0.101. The maximum atomic E-state index is 11.6. The van der Waals surface area contributed by atoms with Gasteiger partial charge in [-0.15, -0.1) is 0 Å². The van der Waals surface area contributed by atoms with Crippen LogP contribution in [0, 0.1) is 0 Å². The molecule has 0 saturated carbocycles. The van der Waals surface area contributed by atoms with Crippen molar-refractivity contribution in [2.45, 2.75) is 19.8 Å². The van der Waals surface area contributed by atoms with Crippen LogP contribution in [0.5, 0.6) is 0 Å². The molecule has 110 valence electrons. The molecule has 0 aromatic heterocycles. The van der Waals surface area contributed by atoms with Crippen LogP contribution in [0.25, 0.3) is 0 Å². The standard InChI is InChI=1S/C15H23N3O2/c1-12(19)13-6-8-14(9-7-13)17-15(20)16-10-4-5-11-18(2)3/h6-9H,4-5,10-11H2,1-3H3,(H2,16,17,20). The minimum atomic E-state index is -0.217. The van der Waals surface area contributed by atoms with Crippen LogP contribution >= 0.6 is 0 Å². The summed E-state index contributed by atoms with van der Waals surface area (Å²) in [5.74, 6) is 0.0156. The van der Waals surface area contributed by atoms with Gasteiger partial charge in [-0.2, -0.15) is 0 Å². The summed E-state index contributed by atoms with van der Waals surface area (Å²) in [6.07, 6.45) is 2.01. The third-order valence-corrected chi connectivity index (χ3v) is 2.87. The van der Waals surface area contributed by atoms with E-state index in [1.54, 1.807) is 24.3 Å². The van der Waals surface area contributed by atoms with Crippen molar-refractivity contribution in [1.29, 1.82) is 0 Å². The second-order valence-electron chi connectivity index (χ2n) is 5.02. The maximum Gasteiger partial charge on any atom is 0.319 e. The number of anilines is 1. The van der Waals surface area contributed by atoms with E-state index in [0.717, 1.165) is 19.4 Å². The number of Topliss-reactive ketones (excluding diaryl/α,β-unsaturated/α-hetero) is 1. The number of amides is 2. The van der Waals surface area contributed by atoms with Crippen molar-refractivity contribution < 1.29 is 9.59 Å². The Hall–Kier alpha value is -1.88. The molecule has 0 aliphatic heterocycles. The molecular formula is C15H23N3O2. The van der Waals surface area contributed by atoms with Crippen LogP contribution in [-0.4, -0.2) is 43.9 Å². The Morgan fingerprint density at radius 2 is 1.75 bits per heavy atom. The van der Waals surface area contributed by atoms with Crippen LogP contribution in [-0.2, 0) is 0 Å². The van der Waals surface area contributed by atoms with Crippen molar-refractivity contribution >= 4 is 17.5 Å². The molecule has 5 heteroatoms. The lowest BCUT2D eigenvalue weighted by atomic mass is 10.1. The molecule has 0 heterocycles. The van der Waals surface area contributed by atoms with Gasteiger partial charge in [0.15, 0.2) is 5.78 Å². The minimum absolute atomic E-state index is 0.0156. The van der Waals surface area contributed by atoms with Gasteiger partial charge in [0.1, 0.15) is 0 Å². The molecule has 5 nitrogen and oxygen atoms in total. The summed E-state index contributed by atoms with van der Waals surface area (Å²) in [7, 11) is 4.07. The highest BCUT2D eigenvalue weighted by atomic mass is 16.2. The number of benzene rings is 1. The largest absolute Gasteiger partial charge is 0.338 e. The third-order valence-electron chi connectivity index (χ3n) is 2.87. The van der Waals surface area contributed by atoms with Gasteiger partial charge >= 0.3 is 6.03 Å². The molecule has 0 radical (unpaired) electrons. The number of carbonyl (C=O) groups excluding carboxylic acids is 2. The predicted octanol–water partition coefficient (Wildman–Crippen LogP) is 2.35. The van der Waals surface area contributed by atoms with Crippen LogP contribution in [0.1, 0.15) is 30.1 Å². The molecule has 2 N–H and O–H groups in total. The lowest BCUT2D eigenvalue weighted by Gasteiger charge is -2.10. The fourth-order valence-corrected chi connectivity index (χ4v) is 1.72. The molecule has 1 aromatic carbocycles. The summed E-state index contributed by atoms with van der Waals surface area (Å²) >= 11 is 0. The number of nitrogens with one attached hydrogen (secondary N) is 2. The molecule has 0 aliphatic rings. The van der Waals surface area contributed by atoms with E-state index in [-0.39, 0.29) is 11.8 Å². The molecule has 1 rings (SSSR count). The first-order valence-electron chi connectivity index (χ1n) is 6.79. The molecule has 0 saturated heterocycles. The van der Waals surface area contributed by atoms with E-state index in [0.29, 0.717) is 17.8 Å². The highest BCUT2D eigenvalue weighted by molar-refractivity contribution is 5.95. The van der Waals surface area contributed by atoms with Gasteiger partial charge in [0.2, 0.25) is 0 Å². The van der Waals surface area contributed by atoms with Gasteiger partial charge in [-0.3, -0.25) is 4.79 Å². The summed E-state index contributed by atoms with van der Waals surface area (Å²) < 4.78 is 0. The van der Waals surface area contributed by atoms with Gasteiger partial charge in [0.25, 0.3) is 0 Å². The Balaban J connectivity index is 2.26. The fourth-order valence-electron chi connectivity index (χ4n) is 1.72. The number of hydrogen-bond donors (Lipinski definition) is 2. The lowest BCUT2D eigenvalue weighted by Crippen LogP contribution is -2.29. The van der Waals surface area contributed by atoms with Gasteiger partial charge in [-0.05, 0) is 64.7 Å². The molecule has 1 aromatic rings. The van der Waals surface area contributed by atoms with Crippen LogP contribution < -0.4 is 10.6 Å². The van der Waals surface area contributed by atoms with Gasteiger partial charge < -0.3 is 15.5 Å². The van der Waals surface area contributed by atoms with Crippen LogP contribution in [0.3, 0.4) is 0 Å². The number of carbonyl (C=O) groups is 2. The first kappa shape index (κ1) is 16.2. The van der Waals surface area contributed by atoms with E-state index in [4.69, 9.17) is 0 Å². The number of hydrogen-bond acceptors (Lipinski definition) is 3. The highest BCUT2D eigenvalue weighted by Crippen LogP contribution is 2.09. The smallest absolute Gasteiger partial charge is 0.319 e. The van der Waals surface area contributed by atoms with E-state index < -0.39 is 0 Å². The summed E-state index contributed by atoms with van der Waals surface area (Å²) in [6.45, 7) is 3.20. The number of urea groups is 1. The van der Waals surface area contributed by atoms with Crippen molar-refractivity contribution in [2.24, 2.45) is 0 Å². The summed E-state index contributed by atoms with van der Waals surface area (Å²) in [5, 5.41) is 5.54. The van der Waals surface area contributed by atoms with Crippen LogP contribution in [0.2, 0.25) is 0 Å². The van der Waals surface area contributed by atoms with Crippen molar-refractivity contribution in [3.8, 4) is 0 Å². The quantitative estimate of drug-likeness (QED) is 0.594. The van der Waals surface area contributed by atoms with Gasteiger partial charge in [-0.1, -0.05) is 0 Å². The Morgan fingerprint density at radius 1 is 1.10 bits per heavy atom. The van der Waals surface area contributed by atoms with Crippen LogP contribution in [0.4, 0.5) is 10.5 Å². The molecule has 2 amide bonds. The van der Waals surface area contributed by atoms with Gasteiger partial charge in [0.05, 0.1) is 0 Å². The topological polar surface area (TPSA) is 61.4 Å². The van der Waals surface area contributed by atoms with E-state index in [2.05, 4.69) is 15.5 Å². The zero-order valence-corrected chi connectivity index (χ0v) is 12.4. The SMILES string of the molecule is CC(=O)c1ccc(NC(=O)NCCCCN(C)C)cc1. The Bertz CT molecular complexity index is 441. The Labute approximate surface area is 120 Å². The second kappa shape index (κ2) is 8.32. The third kappa shape index (κ3) is 6.33. The molecule has 20 heavy (non-hydrogen) atoms. The number of ketones is 1. The first-order chi connectivity index (χ1) is 9.49. The monoisotopic (exact) mass is 277 g/mol. The Morgan fingerprint density at radius 3 is 2.30 bits per heavy atom. The van der Waals surface area contributed by atoms with Crippen molar-refractivity contribution in [3.05, 3.63) is 29.8 Å². The van der Waals surface area contributed by atoms with E-state index >= 15 is 0 Å². The van der Waals surface area contributed by atoms with E-state index in [1.807, 2.05) is 14.1 Å². The average molecular weight is 277 g/mol. The second-order valence-corrected chi connectivity index (χ2v) is 5.02. The fraction of sp³-hybridized carbons (Fsp3) is 0.467. The minimum Gasteiger partial charge on any atom is -0.338 e. The maximum absolute atomic E-state index is 11.6.